The molecule has 2 heteroatoms. The quantitative estimate of drug-likeness (QED) is 0.743. The minimum Gasteiger partial charge on any atom is -0.309 e. The Morgan fingerprint density at radius 1 is 1.22 bits per heavy atom. The second kappa shape index (κ2) is 8.25. The predicted molar refractivity (Wildman–Crippen MR) is 78.7 cm³/mol. The van der Waals surface area contributed by atoms with Crippen LogP contribution in [0.1, 0.15) is 63.9 Å². The lowest BCUT2D eigenvalue weighted by atomic mass is 9.95. The molecule has 1 aromatic rings. The second-order valence-corrected chi connectivity index (χ2v) is 5.34. The van der Waals surface area contributed by atoms with Crippen molar-refractivity contribution in [2.45, 2.75) is 59.4 Å². The minimum absolute atomic E-state index is 0.409. The Balaban J connectivity index is 2.70. The largest absolute Gasteiger partial charge is 0.309 e. The van der Waals surface area contributed by atoms with Crippen LogP contribution in [0.2, 0.25) is 0 Å². The van der Waals surface area contributed by atoms with Gasteiger partial charge in [0.05, 0.1) is 5.69 Å². The van der Waals surface area contributed by atoms with Crippen LogP contribution in [0.4, 0.5) is 0 Å². The summed E-state index contributed by atoms with van der Waals surface area (Å²) in [6.45, 7) is 9.95. The molecule has 0 aliphatic heterocycles. The number of rotatable bonds is 8. The van der Waals surface area contributed by atoms with E-state index >= 15 is 0 Å². The van der Waals surface area contributed by atoms with E-state index in [0.29, 0.717) is 6.04 Å². The van der Waals surface area contributed by atoms with Gasteiger partial charge in [0.15, 0.2) is 0 Å². The number of aryl methyl sites for hydroxylation is 1. The highest BCUT2D eigenvalue weighted by Gasteiger charge is 2.15. The lowest BCUT2D eigenvalue weighted by molar-refractivity contribution is 0.384. The van der Waals surface area contributed by atoms with Gasteiger partial charge in [-0.1, -0.05) is 39.7 Å². The molecule has 1 heterocycles. The standard InChI is InChI=1S/C16H28N2/c1-5-8-13(3)12-16(17-11-6-2)15-10-7-9-14(4)18-15/h7,9-10,13,16-17H,5-6,8,11-12H2,1-4H3. The van der Waals surface area contributed by atoms with E-state index in [9.17, 15) is 0 Å². The zero-order valence-electron chi connectivity index (χ0n) is 12.4. The molecule has 0 amide bonds. The summed E-state index contributed by atoms with van der Waals surface area (Å²) < 4.78 is 0. The van der Waals surface area contributed by atoms with Gasteiger partial charge in [0.25, 0.3) is 0 Å². The van der Waals surface area contributed by atoms with Crippen LogP contribution >= 0.6 is 0 Å². The third-order valence-electron chi connectivity index (χ3n) is 3.33. The first-order valence-corrected chi connectivity index (χ1v) is 7.34. The molecule has 0 saturated carbocycles. The van der Waals surface area contributed by atoms with E-state index in [0.717, 1.165) is 18.2 Å². The van der Waals surface area contributed by atoms with Crippen LogP contribution in [0.5, 0.6) is 0 Å². The average Bonchev–Trinajstić information content (AvgIpc) is 2.34. The summed E-state index contributed by atoms with van der Waals surface area (Å²) in [5.74, 6) is 0.756. The highest BCUT2D eigenvalue weighted by molar-refractivity contribution is 5.13. The summed E-state index contributed by atoms with van der Waals surface area (Å²) in [4.78, 5) is 4.68. The van der Waals surface area contributed by atoms with Crippen LogP contribution in [0, 0.1) is 12.8 Å². The maximum Gasteiger partial charge on any atom is 0.0576 e. The van der Waals surface area contributed by atoms with Crippen molar-refractivity contribution in [2.24, 2.45) is 5.92 Å². The van der Waals surface area contributed by atoms with E-state index in [1.165, 1.54) is 31.4 Å². The van der Waals surface area contributed by atoms with E-state index < -0.39 is 0 Å². The Kier molecular flexibility index (Phi) is 6.96. The summed E-state index contributed by atoms with van der Waals surface area (Å²) in [6, 6.07) is 6.74. The van der Waals surface area contributed by atoms with Crippen molar-refractivity contribution >= 4 is 0 Å². The zero-order valence-corrected chi connectivity index (χ0v) is 12.4. The highest BCUT2D eigenvalue weighted by Crippen LogP contribution is 2.22. The SMILES string of the molecule is CCCNC(CC(C)CCC)c1cccc(C)n1. The summed E-state index contributed by atoms with van der Waals surface area (Å²) in [6.07, 6.45) is 4.92. The van der Waals surface area contributed by atoms with Crippen molar-refractivity contribution in [3.63, 3.8) is 0 Å². The van der Waals surface area contributed by atoms with Gasteiger partial charge in [-0.2, -0.15) is 0 Å². The molecule has 2 unspecified atom stereocenters. The van der Waals surface area contributed by atoms with Gasteiger partial charge >= 0.3 is 0 Å². The van der Waals surface area contributed by atoms with E-state index in [4.69, 9.17) is 0 Å². The average molecular weight is 248 g/mol. The second-order valence-electron chi connectivity index (χ2n) is 5.34. The molecule has 18 heavy (non-hydrogen) atoms. The van der Waals surface area contributed by atoms with E-state index in [1.54, 1.807) is 0 Å². The van der Waals surface area contributed by atoms with Crippen LogP contribution in [-0.4, -0.2) is 11.5 Å². The van der Waals surface area contributed by atoms with Gasteiger partial charge < -0.3 is 5.32 Å². The van der Waals surface area contributed by atoms with Gasteiger partial charge in [0.1, 0.15) is 0 Å². The molecule has 0 spiro atoms. The maximum absolute atomic E-state index is 4.68. The molecule has 0 aliphatic rings. The fourth-order valence-corrected chi connectivity index (χ4v) is 2.40. The third kappa shape index (κ3) is 5.18. The monoisotopic (exact) mass is 248 g/mol. The Bertz CT molecular complexity index is 336. The van der Waals surface area contributed by atoms with Gasteiger partial charge in [0.2, 0.25) is 0 Å². The van der Waals surface area contributed by atoms with Crippen molar-refractivity contribution in [3.8, 4) is 0 Å². The number of nitrogens with one attached hydrogen (secondary N) is 1. The number of aromatic nitrogens is 1. The van der Waals surface area contributed by atoms with Gasteiger partial charge in [-0.15, -0.1) is 0 Å². The van der Waals surface area contributed by atoms with Crippen LogP contribution in [-0.2, 0) is 0 Å². The summed E-state index contributed by atoms with van der Waals surface area (Å²) in [7, 11) is 0. The predicted octanol–water partition coefficient (Wildman–Crippen LogP) is 4.26. The molecular weight excluding hydrogens is 220 g/mol. The lowest BCUT2D eigenvalue weighted by Crippen LogP contribution is -2.25. The first-order valence-electron chi connectivity index (χ1n) is 7.34. The molecule has 1 N–H and O–H groups in total. The first-order chi connectivity index (χ1) is 8.67. The molecule has 0 bridgehead atoms. The molecular formula is C16H28N2. The number of pyridine rings is 1. The van der Waals surface area contributed by atoms with E-state index in [2.05, 4.69) is 56.2 Å². The molecule has 0 radical (unpaired) electrons. The molecule has 102 valence electrons. The maximum atomic E-state index is 4.68. The highest BCUT2D eigenvalue weighted by atomic mass is 14.9. The molecule has 1 aromatic heterocycles. The van der Waals surface area contributed by atoms with Crippen molar-refractivity contribution < 1.29 is 0 Å². The third-order valence-corrected chi connectivity index (χ3v) is 3.33. The summed E-state index contributed by atoms with van der Waals surface area (Å²) in [5.41, 5.74) is 2.31. The molecule has 1 rings (SSSR count). The minimum atomic E-state index is 0.409. The Morgan fingerprint density at radius 3 is 2.61 bits per heavy atom. The van der Waals surface area contributed by atoms with Gasteiger partial charge in [-0.3, -0.25) is 4.98 Å². The fraction of sp³-hybridized carbons (Fsp3) is 0.688. The van der Waals surface area contributed by atoms with Crippen LogP contribution in [0.15, 0.2) is 18.2 Å². The van der Waals surface area contributed by atoms with Crippen molar-refractivity contribution in [1.82, 2.24) is 10.3 Å². The van der Waals surface area contributed by atoms with Crippen LogP contribution in [0.25, 0.3) is 0 Å². The molecule has 0 saturated heterocycles. The summed E-state index contributed by atoms with van der Waals surface area (Å²) in [5, 5.41) is 3.64. The van der Waals surface area contributed by atoms with Crippen molar-refractivity contribution in [3.05, 3.63) is 29.6 Å². The first kappa shape index (κ1) is 15.2. The Labute approximate surface area is 112 Å². The van der Waals surface area contributed by atoms with Gasteiger partial charge in [0, 0.05) is 11.7 Å². The Morgan fingerprint density at radius 2 is 2.00 bits per heavy atom. The van der Waals surface area contributed by atoms with Gasteiger partial charge in [-0.25, -0.2) is 0 Å². The van der Waals surface area contributed by atoms with Gasteiger partial charge in [-0.05, 0) is 44.4 Å². The van der Waals surface area contributed by atoms with E-state index in [1.807, 2.05) is 0 Å². The zero-order chi connectivity index (χ0) is 13.4. The van der Waals surface area contributed by atoms with Crippen molar-refractivity contribution in [2.75, 3.05) is 6.54 Å². The Hall–Kier alpha value is -0.890. The van der Waals surface area contributed by atoms with E-state index in [-0.39, 0.29) is 0 Å². The number of hydrogen-bond donors (Lipinski definition) is 1. The molecule has 0 fully saturated rings. The summed E-state index contributed by atoms with van der Waals surface area (Å²) >= 11 is 0. The fourth-order valence-electron chi connectivity index (χ4n) is 2.40. The molecule has 0 aromatic carbocycles. The molecule has 0 aliphatic carbocycles. The lowest BCUT2D eigenvalue weighted by Gasteiger charge is -2.22. The number of nitrogens with zero attached hydrogens (tertiary/aromatic N) is 1. The normalized spacial score (nSPS) is 14.4. The van der Waals surface area contributed by atoms with Crippen molar-refractivity contribution in [1.29, 1.82) is 0 Å². The topological polar surface area (TPSA) is 24.9 Å². The smallest absolute Gasteiger partial charge is 0.0576 e. The molecule has 2 atom stereocenters. The number of hydrogen-bond acceptors (Lipinski definition) is 2. The molecule has 2 nitrogen and oxygen atoms in total. The van der Waals surface area contributed by atoms with Crippen LogP contribution < -0.4 is 5.32 Å². The van der Waals surface area contributed by atoms with Crippen LogP contribution in [0.3, 0.4) is 0 Å².